The van der Waals surface area contributed by atoms with E-state index in [9.17, 15) is 28.9 Å². The monoisotopic (exact) mass is 664 g/mol. The number of nitro benzene ring substituents is 1. The zero-order valence-electron chi connectivity index (χ0n) is 27.4. The van der Waals surface area contributed by atoms with Crippen molar-refractivity contribution >= 4 is 23.4 Å². The number of likely N-dealkylation sites (tertiary alicyclic amines) is 1. The molecule has 12 heteroatoms. The van der Waals surface area contributed by atoms with E-state index in [0.29, 0.717) is 23.7 Å². The van der Waals surface area contributed by atoms with Gasteiger partial charge in [0.2, 0.25) is 11.8 Å². The molecule has 1 aliphatic carbocycles. The van der Waals surface area contributed by atoms with E-state index in [1.54, 1.807) is 12.1 Å². The Morgan fingerprint density at radius 3 is 2.42 bits per heavy atom. The molecular formula is C36H45FN4O7. The van der Waals surface area contributed by atoms with Gasteiger partial charge in [-0.05, 0) is 113 Å². The fourth-order valence-electron chi connectivity index (χ4n) is 7.64. The van der Waals surface area contributed by atoms with Crippen molar-refractivity contribution < 1.29 is 33.2 Å². The number of unbranched alkanes of at least 4 members (excludes halogenated alkanes) is 4. The Bertz CT molecular complexity index is 1520. The molecule has 2 aromatic carbocycles. The number of nitrogens with zero attached hydrogens (tertiary/aromatic N) is 3. The quantitative estimate of drug-likeness (QED) is 0.112. The van der Waals surface area contributed by atoms with Crippen LogP contribution in [0.1, 0.15) is 111 Å². The topological polar surface area (TPSA) is 131 Å². The Kier molecular flexibility index (Phi) is 10.9. The Balaban J connectivity index is 0.904. The highest BCUT2D eigenvalue weighted by Crippen LogP contribution is 2.38. The number of imide groups is 1. The van der Waals surface area contributed by atoms with Crippen LogP contribution >= 0.6 is 0 Å². The normalized spacial score (nSPS) is 20.6. The number of benzene rings is 2. The van der Waals surface area contributed by atoms with Crippen LogP contribution in [0.15, 0.2) is 30.3 Å². The summed E-state index contributed by atoms with van der Waals surface area (Å²) < 4.78 is 26.8. The van der Waals surface area contributed by atoms with Gasteiger partial charge in [0.15, 0.2) is 11.5 Å². The number of hydrogen-bond acceptors (Lipinski definition) is 8. The standard InChI is InChI=1S/C36H45FN4O7/c37-25-20-28(30-23-40(36(44)29(30)21-25)31-11-13-34(42)38-35(31)43)24-14-17-39(18-15-24)16-6-2-1-3-7-19-47-32-12-10-26(41(45)46)22-33(32)48-27-8-4-5-9-27/h10,12,20-22,24,27,31H,1-9,11,13-19,23H2,(H,38,42,43). The molecule has 4 aliphatic rings. The summed E-state index contributed by atoms with van der Waals surface area (Å²) in [4.78, 5) is 52.1. The summed E-state index contributed by atoms with van der Waals surface area (Å²) in [6.07, 6.45) is 11.7. The van der Waals surface area contributed by atoms with Gasteiger partial charge in [0.1, 0.15) is 11.9 Å². The van der Waals surface area contributed by atoms with Crippen molar-refractivity contribution in [1.82, 2.24) is 15.1 Å². The molecule has 3 fully saturated rings. The molecule has 6 rings (SSSR count). The van der Waals surface area contributed by atoms with E-state index in [-0.39, 0.29) is 48.9 Å². The molecule has 11 nitrogen and oxygen atoms in total. The highest BCUT2D eigenvalue weighted by molar-refractivity contribution is 6.05. The first-order valence-corrected chi connectivity index (χ1v) is 17.5. The first-order chi connectivity index (χ1) is 23.3. The van der Waals surface area contributed by atoms with Crippen LogP contribution in [-0.4, -0.2) is 70.8 Å². The fraction of sp³-hybridized carbons (Fsp3) is 0.583. The van der Waals surface area contributed by atoms with Crippen LogP contribution in [-0.2, 0) is 16.1 Å². The van der Waals surface area contributed by atoms with Gasteiger partial charge < -0.3 is 19.3 Å². The molecule has 2 saturated heterocycles. The minimum absolute atomic E-state index is 0.00639. The van der Waals surface area contributed by atoms with Crippen LogP contribution in [0, 0.1) is 15.9 Å². The molecule has 0 bridgehead atoms. The van der Waals surface area contributed by atoms with Crippen molar-refractivity contribution in [3.63, 3.8) is 0 Å². The smallest absolute Gasteiger partial charge is 0.273 e. The molecule has 3 heterocycles. The molecular weight excluding hydrogens is 619 g/mol. The molecule has 48 heavy (non-hydrogen) atoms. The molecule has 2 aromatic rings. The summed E-state index contributed by atoms with van der Waals surface area (Å²) in [5.74, 6) is -0.378. The molecule has 3 aliphatic heterocycles. The van der Waals surface area contributed by atoms with E-state index in [1.807, 2.05) is 0 Å². The Hall–Kier alpha value is -4.06. The zero-order valence-corrected chi connectivity index (χ0v) is 27.4. The number of hydrogen-bond donors (Lipinski definition) is 1. The number of ether oxygens (including phenoxy) is 2. The van der Waals surface area contributed by atoms with Gasteiger partial charge in [0.05, 0.1) is 23.7 Å². The second-order valence-electron chi connectivity index (χ2n) is 13.6. The van der Waals surface area contributed by atoms with Gasteiger partial charge in [-0.25, -0.2) is 4.39 Å². The number of rotatable bonds is 14. The van der Waals surface area contributed by atoms with Crippen LogP contribution in [0.4, 0.5) is 10.1 Å². The predicted octanol–water partition coefficient (Wildman–Crippen LogP) is 6.03. The highest BCUT2D eigenvalue weighted by atomic mass is 19.1. The summed E-state index contributed by atoms with van der Waals surface area (Å²) >= 11 is 0. The van der Waals surface area contributed by atoms with Crippen molar-refractivity contribution in [3.05, 3.63) is 63.0 Å². The third-order valence-corrected chi connectivity index (χ3v) is 10.3. The minimum atomic E-state index is -0.711. The van der Waals surface area contributed by atoms with Gasteiger partial charge in [-0.15, -0.1) is 0 Å². The molecule has 258 valence electrons. The first kappa shape index (κ1) is 33.8. The SMILES string of the molecule is O=C1CCC(N2Cc3c(cc(F)cc3C3CCN(CCCCCCCOc4ccc([N+](=O)[O-])cc4OC4CCCC4)CC3)C2=O)C(=O)N1. The maximum Gasteiger partial charge on any atom is 0.273 e. The van der Waals surface area contributed by atoms with Crippen molar-refractivity contribution in [1.29, 1.82) is 0 Å². The van der Waals surface area contributed by atoms with E-state index < -0.39 is 22.7 Å². The molecule has 1 N–H and O–H groups in total. The van der Waals surface area contributed by atoms with Gasteiger partial charge >= 0.3 is 0 Å². The van der Waals surface area contributed by atoms with E-state index in [0.717, 1.165) is 101 Å². The van der Waals surface area contributed by atoms with Crippen molar-refractivity contribution in [3.8, 4) is 11.5 Å². The number of carbonyl (C=O) groups is 3. The molecule has 0 aromatic heterocycles. The maximum atomic E-state index is 14.7. The van der Waals surface area contributed by atoms with E-state index in [1.165, 1.54) is 23.1 Å². The number of nitrogens with one attached hydrogen (secondary N) is 1. The maximum absolute atomic E-state index is 14.7. The third kappa shape index (κ3) is 7.97. The Morgan fingerprint density at radius 2 is 1.67 bits per heavy atom. The van der Waals surface area contributed by atoms with Crippen molar-refractivity contribution in [2.24, 2.45) is 0 Å². The molecule has 0 spiro atoms. The summed E-state index contributed by atoms with van der Waals surface area (Å²) in [5, 5.41) is 13.6. The van der Waals surface area contributed by atoms with Crippen LogP contribution in [0.25, 0.3) is 0 Å². The number of non-ortho nitro benzene ring substituents is 1. The number of nitro groups is 1. The number of halogens is 1. The van der Waals surface area contributed by atoms with Gasteiger partial charge in [-0.2, -0.15) is 0 Å². The Morgan fingerprint density at radius 1 is 0.917 bits per heavy atom. The second-order valence-corrected chi connectivity index (χ2v) is 13.6. The largest absolute Gasteiger partial charge is 0.490 e. The number of amides is 3. The lowest BCUT2D eigenvalue weighted by molar-refractivity contribution is -0.385. The van der Waals surface area contributed by atoms with E-state index >= 15 is 0 Å². The first-order valence-electron chi connectivity index (χ1n) is 17.5. The van der Waals surface area contributed by atoms with Crippen LogP contribution in [0.5, 0.6) is 11.5 Å². The molecule has 1 unspecified atom stereocenters. The van der Waals surface area contributed by atoms with Crippen LogP contribution in [0.3, 0.4) is 0 Å². The lowest BCUT2D eigenvalue weighted by atomic mass is 9.85. The lowest BCUT2D eigenvalue weighted by Crippen LogP contribution is -2.52. The summed E-state index contributed by atoms with van der Waals surface area (Å²) in [6, 6.07) is 6.71. The molecule has 3 amide bonds. The van der Waals surface area contributed by atoms with Crippen molar-refractivity contribution in [2.45, 2.75) is 108 Å². The van der Waals surface area contributed by atoms with Gasteiger partial charge in [-0.3, -0.25) is 29.8 Å². The third-order valence-electron chi connectivity index (χ3n) is 10.3. The van der Waals surface area contributed by atoms with Crippen molar-refractivity contribution in [2.75, 3.05) is 26.2 Å². The number of piperidine rings is 2. The predicted molar refractivity (Wildman–Crippen MR) is 175 cm³/mol. The summed E-state index contributed by atoms with van der Waals surface area (Å²) in [6.45, 7) is 3.64. The van der Waals surface area contributed by atoms with Crippen LogP contribution < -0.4 is 14.8 Å². The zero-order chi connectivity index (χ0) is 33.6. The molecule has 1 saturated carbocycles. The van der Waals surface area contributed by atoms with E-state index in [4.69, 9.17) is 9.47 Å². The van der Waals surface area contributed by atoms with E-state index in [2.05, 4.69) is 10.2 Å². The van der Waals surface area contributed by atoms with Gasteiger partial charge in [0.25, 0.3) is 11.6 Å². The summed E-state index contributed by atoms with van der Waals surface area (Å²) in [5.41, 5.74) is 2.04. The second kappa shape index (κ2) is 15.4. The fourth-order valence-corrected chi connectivity index (χ4v) is 7.64. The van der Waals surface area contributed by atoms with Gasteiger partial charge in [-0.1, -0.05) is 19.3 Å². The Labute approximate surface area is 280 Å². The highest BCUT2D eigenvalue weighted by Gasteiger charge is 2.41. The average Bonchev–Trinajstić information content (AvgIpc) is 3.70. The number of fused-ring (bicyclic) bond motifs is 1. The average molecular weight is 665 g/mol. The lowest BCUT2D eigenvalue weighted by Gasteiger charge is -2.33. The minimum Gasteiger partial charge on any atom is -0.490 e. The van der Waals surface area contributed by atoms with Crippen LogP contribution in [0.2, 0.25) is 0 Å². The number of carbonyl (C=O) groups excluding carboxylic acids is 3. The summed E-state index contributed by atoms with van der Waals surface area (Å²) in [7, 11) is 0. The molecule has 1 atom stereocenters. The molecule has 0 radical (unpaired) electrons. The van der Waals surface area contributed by atoms with Gasteiger partial charge in [0, 0.05) is 24.6 Å².